The third-order valence-electron chi connectivity index (χ3n) is 3.42. The number of nitrogens with two attached hydrogens (primary N) is 1. The molecule has 3 aromatic rings. The van der Waals surface area contributed by atoms with E-state index in [1.165, 1.54) is 6.21 Å². The van der Waals surface area contributed by atoms with Crippen LogP contribution in [0.4, 0.5) is 11.4 Å². The summed E-state index contributed by atoms with van der Waals surface area (Å²) < 4.78 is 1.81. The number of hydrogen-bond acceptors (Lipinski definition) is 5. The number of rotatable bonds is 3. The molecule has 0 fully saturated rings. The Bertz CT molecular complexity index is 1070. The van der Waals surface area contributed by atoms with E-state index in [0.29, 0.717) is 17.1 Å². The summed E-state index contributed by atoms with van der Waals surface area (Å²) in [6, 6.07) is 13.4. The van der Waals surface area contributed by atoms with E-state index in [9.17, 15) is 14.7 Å². The van der Waals surface area contributed by atoms with Crippen molar-refractivity contribution in [1.29, 1.82) is 0 Å². The van der Waals surface area contributed by atoms with Crippen LogP contribution in [-0.4, -0.2) is 20.9 Å². The topological polar surface area (TPSA) is 113 Å². The van der Waals surface area contributed by atoms with Gasteiger partial charge in [-0.2, -0.15) is 0 Å². The Morgan fingerprint density at radius 2 is 1.88 bits per heavy atom. The van der Waals surface area contributed by atoms with Crippen molar-refractivity contribution in [3.8, 4) is 11.6 Å². The number of anilines is 1. The number of aromatic nitrogens is 2. The average Bonchev–Trinajstić information content (AvgIpc) is 2.56. The third-order valence-corrected chi connectivity index (χ3v) is 3.95. The zero-order valence-corrected chi connectivity index (χ0v) is 14.4. The highest BCUT2D eigenvalue weighted by Crippen LogP contribution is 2.19. The van der Waals surface area contributed by atoms with Crippen molar-refractivity contribution in [3.63, 3.8) is 0 Å². The molecule has 0 amide bonds. The lowest BCUT2D eigenvalue weighted by Gasteiger charge is -2.09. The molecule has 0 saturated heterocycles. The molecule has 7 nitrogen and oxygen atoms in total. The van der Waals surface area contributed by atoms with Gasteiger partial charge in [-0.05, 0) is 42.5 Å². The van der Waals surface area contributed by atoms with E-state index in [4.69, 9.17) is 5.73 Å². The van der Waals surface area contributed by atoms with Gasteiger partial charge in [-0.25, -0.2) is 9.36 Å². The quantitative estimate of drug-likeness (QED) is 0.462. The molecule has 126 valence electrons. The summed E-state index contributed by atoms with van der Waals surface area (Å²) in [5, 5.41) is 10.4. The minimum atomic E-state index is -0.745. The maximum absolute atomic E-state index is 12.1. The summed E-state index contributed by atoms with van der Waals surface area (Å²) >= 11 is 3.30. The number of nitrogens with zero attached hydrogens (tertiary/aromatic N) is 2. The highest BCUT2D eigenvalue weighted by atomic mass is 79.9. The van der Waals surface area contributed by atoms with Gasteiger partial charge in [-0.3, -0.25) is 14.8 Å². The molecule has 4 N–H and O–H groups in total. The fourth-order valence-electron chi connectivity index (χ4n) is 2.23. The first-order valence-corrected chi connectivity index (χ1v) is 7.99. The molecule has 0 spiro atoms. The van der Waals surface area contributed by atoms with E-state index in [-0.39, 0.29) is 5.56 Å². The molecule has 3 rings (SSSR count). The minimum absolute atomic E-state index is 0.134. The second-order valence-electron chi connectivity index (χ2n) is 5.16. The van der Waals surface area contributed by atoms with Crippen molar-refractivity contribution in [1.82, 2.24) is 9.55 Å². The van der Waals surface area contributed by atoms with E-state index < -0.39 is 17.1 Å². The monoisotopic (exact) mass is 400 g/mol. The summed E-state index contributed by atoms with van der Waals surface area (Å²) in [6.07, 6.45) is 1.19. The van der Waals surface area contributed by atoms with Crippen LogP contribution >= 0.6 is 15.9 Å². The van der Waals surface area contributed by atoms with Gasteiger partial charge < -0.3 is 10.8 Å². The molecule has 0 aliphatic heterocycles. The molecule has 0 radical (unpaired) electrons. The largest absolute Gasteiger partial charge is 0.493 e. The van der Waals surface area contributed by atoms with E-state index in [0.717, 1.165) is 9.04 Å². The van der Waals surface area contributed by atoms with Crippen LogP contribution in [0.2, 0.25) is 0 Å². The van der Waals surface area contributed by atoms with Crippen molar-refractivity contribution in [3.05, 3.63) is 79.4 Å². The Labute approximate surface area is 150 Å². The van der Waals surface area contributed by atoms with Crippen molar-refractivity contribution in [2.75, 3.05) is 5.73 Å². The third kappa shape index (κ3) is 3.53. The Morgan fingerprint density at radius 3 is 2.56 bits per heavy atom. The SMILES string of the molecule is Nc1cccc(N=Cc2c(O)n(-c3ccc(Br)cc3)c(=O)[nH]c2=O)c1. The van der Waals surface area contributed by atoms with Gasteiger partial charge in [-0.1, -0.05) is 22.0 Å². The highest BCUT2D eigenvalue weighted by molar-refractivity contribution is 9.10. The Balaban J connectivity index is 2.12. The summed E-state index contributed by atoms with van der Waals surface area (Å²) in [5.74, 6) is -0.497. The smallest absolute Gasteiger partial charge is 0.335 e. The molecule has 0 aliphatic carbocycles. The van der Waals surface area contributed by atoms with E-state index in [1.54, 1.807) is 48.5 Å². The fraction of sp³-hybridized carbons (Fsp3) is 0. The number of hydrogen-bond donors (Lipinski definition) is 3. The molecule has 8 heteroatoms. The number of aromatic amines is 1. The molecular formula is C17H13BrN4O3. The number of nitrogen functional groups attached to an aromatic ring is 1. The highest BCUT2D eigenvalue weighted by Gasteiger charge is 2.14. The van der Waals surface area contributed by atoms with Crippen molar-refractivity contribution in [2.45, 2.75) is 0 Å². The zero-order valence-electron chi connectivity index (χ0n) is 12.8. The van der Waals surface area contributed by atoms with Crippen LogP contribution in [0.1, 0.15) is 5.56 Å². The number of aromatic hydroxyl groups is 1. The van der Waals surface area contributed by atoms with Gasteiger partial charge in [0, 0.05) is 16.4 Å². The summed E-state index contributed by atoms with van der Waals surface area (Å²) in [7, 11) is 0. The average molecular weight is 401 g/mol. The van der Waals surface area contributed by atoms with Gasteiger partial charge in [-0.15, -0.1) is 0 Å². The molecule has 0 unspecified atom stereocenters. The predicted octanol–water partition coefficient (Wildman–Crippen LogP) is 2.33. The molecule has 1 aromatic heterocycles. The predicted molar refractivity (Wildman–Crippen MR) is 100 cm³/mol. The Hall–Kier alpha value is -3.13. The van der Waals surface area contributed by atoms with Crippen molar-refractivity contribution in [2.24, 2.45) is 4.99 Å². The fourth-order valence-corrected chi connectivity index (χ4v) is 2.49. The van der Waals surface area contributed by atoms with Gasteiger partial charge in [0.1, 0.15) is 5.56 Å². The first-order valence-electron chi connectivity index (χ1n) is 7.19. The molecular weight excluding hydrogens is 388 g/mol. The van der Waals surface area contributed by atoms with Gasteiger partial charge in [0.2, 0.25) is 5.88 Å². The lowest BCUT2D eigenvalue weighted by molar-refractivity contribution is 0.430. The van der Waals surface area contributed by atoms with Crippen LogP contribution < -0.4 is 17.0 Å². The van der Waals surface area contributed by atoms with Gasteiger partial charge >= 0.3 is 5.69 Å². The molecule has 0 bridgehead atoms. The standard InChI is InChI=1S/C17H13BrN4O3/c18-10-4-6-13(7-5-10)22-16(24)14(15(23)21-17(22)25)9-20-12-3-1-2-11(19)8-12/h1-9,24H,19H2,(H,21,23,25). The van der Waals surface area contributed by atoms with Crippen LogP contribution in [0.15, 0.2) is 67.6 Å². The second-order valence-corrected chi connectivity index (χ2v) is 6.08. The van der Waals surface area contributed by atoms with Crippen LogP contribution in [0.3, 0.4) is 0 Å². The summed E-state index contributed by atoms with van der Waals surface area (Å²) in [4.78, 5) is 30.4. The number of H-pyrrole nitrogens is 1. The van der Waals surface area contributed by atoms with E-state index in [2.05, 4.69) is 25.9 Å². The Kier molecular flexibility index (Phi) is 4.53. The normalized spacial score (nSPS) is 11.1. The van der Waals surface area contributed by atoms with Crippen LogP contribution in [0.25, 0.3) is 5.69 Å². The molecule has 0 atom stereocenters. The summed E-state index contributed by atoms with van der Waals surface area (Å²) in [6.45, 7) is 0. The molecule has 0 aliphatic rings. The van der Waals surface area contributed by atoms with E-state index >= 15 is 0 Å². The molecule has 1 heterocycles. The second kappa shape index (κ2) is 6.78. The zero-order chi connectivity index (χ0) is 18.0. The van der Waals surface area contributed by atoms with Gasteiger partial charge in [0.15, 0.2) is 0 Å². The molecule has 0 saturated carbocycles. The van der Waals surface area contributed by atoms with Gasteiger partial charge in [0.05, 0.1) is 11.4 Å². The van der Waals surface area contributed by atoms with Crippen molar-refractivity contribution >= 4 is 33.5 Å². The number of benzene rings is 2. The maximum atomic E-state index is 12.1. The summed E-state index contributed by atoms with van der Waals surface area (Å²) in [5.41, 5.74) is 5.51. The van der Waals surface area contributed by atoms with Crippen LogP contribution in [0, 0.1) is 0 Å². The van der Waals surface area contributed by atoms with Gasteiger partial charge in [0.25, 0.3) is 5.56 Å². The Morgan fingerprint density at radius 1 is 1.16 bits per heavy atom. The lowest BCUT2D eigenvalue weighted by Crippen LogP contribution is -2.31. The lowest BCUT2D eigenvalue weighted by atomic mass is 10.2. The first-order chi connectivity index (χ1) is 12.0. The number of nitrogens with one attached hydrogen (secondary N) is 1. The molecule has 2 aromatic carbocycles. The van der Waals surface area contributed by atoms with Crippen LogP contribution in [-0.2, 0) is 0 Å². The number of halogens is 1. The molecule has 25 heavy (non-hydrogen) atoms. The van der Waals surface area contributed by atoms with Crippen LogP contribution in [0.5, 0.6) is 5.88 Å². The number of aliphatic imine (C=N–C) groups is 1. The minimum Gasteiger partial charge on any atom is -0.493 e. The van der Waals surface area contributed by atoms with E-state index in [1.807, 2.05) is 0 Å². The van der Waals surface area contributed by atoms with Crippen molar-refractivity contribution < 1.29 is 5.11 Å². The maximum Gasteiger partial charge on any atom is 0.335 e. The first kappa shape index (κ1) is 16.7.